The lowest BCUT2D eigenvalue weighted by molar-refractivity contribution is -0.137. The lowest BCUT2D eigenvalue weighted by atomic mass is 9.86. The second-order valence-electron chi connectivity index (χ2n) is 20.6. The second kappa shape index (κ2) is 32.1. The number of rotatable bonds is 21. The number of nitrogens with one attached hydrogen (secondary N) is 6. The van der Waals surface area contributed by atoms with Crippen LogP contribution in [0.2, 0.25) is 0 Å². The van der Waals surface area contributed by atoms with Crippen LogP contribution in [-0.4, -0.2) is 155 Å². The summed E-state index contributed by atoms with van der Waals surface area (Å²) in [6, 6.07) is 1.76. The molecule has 2 aliphatic rings. The van der Waals surface area contributed by atoms with Crippen LogP contribution in [0, 0.1) is 35.5 Å². The molecule has 17 N–H and O–H groups in total. The smallest absolute Gasteiger partial charge is 0.243 e. The van der Waals surface area contributed by atoms with E-state index < -0.39 is 169 Å². The van der Waals surface area contributed by atoms with Crippen LogP contribution >= 0.6 is 0 Å². The van der Waals surface area contributed by atoms with Crippen molar-refractivity contribution in [2.24, 2.45) is 58.4 Å². The van der Waals surface area contributed by atoms with E-state index in [2.05, 4.69) is 31.9 Å². The number of carbonyl (C=O) groups is 10. The van der Waals surface area contributed by atoms with Crippen LogP contribution in [0.5, 0.6) is 0 Å². The van der Waals surface area contributed by atoms with Gasteiger partial charge in [-0.1, -0.05) is 50.6 Å². The fraction of sp³-hybridized carbons (Fsp3) is 0.692. The summed E-state index contributed by atoms with van der Waals surface area (Å²) in [5, 5.41) is 47.7. The molecule has 23 heteroatoms. The highest BCUT2D eigenvalue weighted by Gasteiger charge is 2.39. The molecule has 3 rings (SSSR count). The number of aliphatic hydroxyl groups is 3. The van der Waals surface area contributed by atoms with Crippen molar-refractivity contribution in [1.82, 2.24) is 31.9 Å². The van der Waals surface area contributed by atoms with Gasteiger partial charge >= 0.3 is 0 Å². The van der Waals surface area contributed by atoms with Crippen molar-refractivity contribution < 1.29 is 63.3 Å². The Morgan fingerprint density at radius 3 is 1.77 bits per heavy atom. The van der Waals surface area contributed by atoms with E-state index >= 15 is 0 Å². The van der Waals surface area contributed by atoms with Gasteiger partial charge in [0.1, 0.15) is 23.9 Å². The molecule has 1 aliphatic heterocycles. The quantitative estimate of drug-likeness (QED) is 0.0603. The largest absolute Gasteiger partial charge is 0.396 e. The molecular weight excluding hydrogens is 973 g/mol. The van der Waals surface area contributed by atoms with E-state index in [9.17, 15) is 63.3 Å². The summed E-state index contributed by atoms with van der Waals surface area (Å²) in [5.41, 5.74) is 24.4. The average Bonchev–Trinajstić information content (AvgIpc) is 3.80. The molecule has 420 valence electrons. The van der Waals surface area contributed by atoms with Crippen molar-refractivity contribution in [3.63, 3.8) is 0 Å². The average molecular weight is 1060 g/mol. The third kappa shape index (κ3) is 20.5. The van der Waals surface area contributed by atoms with Gasteiger partial charge in [0.2, 0.25) is 35.4 Å². The van der Waals surface area contributed by atoms with E-state index in [0.717, 1.165) is 0 Å². The first-order valence-electron chi connectivity index (χ1n) is 26.3. The monoisotopic (exact) mass is 1060 g/mol. The maximum absolute atomic E-state index is 14.4. The minimum absolute atomic E-state index is 0.0196. The van der Waals surface area contributed by atoms with E-state index in [1.807, 2.05) is 13.8 Å². The van der Waals surface area contributed by atoms with Gasteiger partial charge in [0.25, 0.3) is 0 Å². The number of aliphatic hydroxyl groups excluding tert-OH is 3. The number of benzene rings is 1. The summed E-state index contributed by atoms with van der Waals surface area (Å²) < 4.78 is 0. The zero-order valence-electron chi connectivity index (χ0n) is 43.9. The SMILES string of the molecule is CC(C)C[C@@H]1NC(=O)[C@@H](Cc2ccccc2)CC(=O)[C@H](CCN)NC(=O)[C@@H](CC(=O)[C@H](CO)CC(=O)[C@@H](NC(=O)C2CCCC2N)C(C)O)CCNC(=O)[C@H](C(C)O)CC(=O)[C@H](CCN)NC(=O)[C@H](CCN)NC1=O. The van der Waals surface area contributed by atoms with Crippen molar-refractivity contribution in [3.05, 3.63) is 35.9 Å². The van der Waals surface area contributed by atoms with Crippen molar-refractivity contribution in [2.75, 3.05) is 32.8 Å². The van der Waals surface area contributed by atoms with E-state index in [4.69, 9.17) is 22.9 Å². The number of carbonyl (C=O) groups excluding carboxylic acids is 10. The molecular formula is C52H84N10O13. The van der Waals surface area contributed by atoms with Crippen LogP contribution in [-0.2, 0) is 54.4 Å². The molecule has 1 aromatic rings. The molecule has 13 atom stereocenters. The molecule has 0 bridgehead atoms. The fourth-order valence-corrected chi connectivity index (χ4v) is 9.54. The molecule has 75 heavy (non-hydrogen) atoms. The highest BCUT2D eigenvalue weighted by atomic mass is 16.3. The van der Waals surface area contributed by atoms with Crippen LogP contribution in [0.15, 0.2) is 30.3 Å². The highest BCUT2D eigenvalue weighted by molar-refractivity contribution is 5.98. The molecule has 1 saturated carbocycles. The van der Waals surface area contributed by atoms with Gasteiger partial charge in [-0.2, -0.15) is 0 Å². The van der Waals surface area contributed by atoms with E-state index in [-0.39, 0.29) is 70.6 Å². The maximum Gasteiger partial charge on any atom is 0.243 e. The van der Waals surface area contributed by atoms with Crippen molar-refractivity contribution in [3.8, 4) is 0 Å². The van der Waals surface area contributed by atoms with Crippen molar-refractivity contribution in [1.29, 1.82) is 0 Å². The summed E-state index contributed by atoms with van der Waals surface area (Å²) in [4.78, 5) is 140. The van der Waals surface area contributed by atoms with Crippen LogP contribution in [0.1, 0.15) is 110 Å². The first-order chi connectivity index (χ1) is 35.5. The minimum atomic E-state index is -1.45. The van der Waals surface area contributed by atoms with Gasteiger partial charge in [-0.25, -0.2) is 0 Å². The lowest BCUT2D eigenvalue weighted by Gasteiger charge is -2.27. The van der Waals surface area contributed by atoms with Gasteiger partial charge in [0.15, 0.2) is 17.3 Å². The third-order valence-corrected chi connectivity index (χ3v) is 14.0. The summed E-state index contributed by atoms with van der Waals surface area (Å²) in [6.45, 7) is 4.72. The first kappa shape index (κ1) is 63.7. The predicted molar refractivity (Wildman–Crippen MR) is 276 cm³/mol. The highest BCUT2D eigenvalue weighted by Crippen LogP contribution is 2.25. The fourth-order valence-electron chi connectivity index (χ4n) is 9.54. The zero-order chi connectivity index (χ0) is 55.9. The van der Waals surface area contributed by atoms with Gasteiger partial charge in [0.05, 0.1) is 42.7 Å². The molecule has 1 aromatic carbocycles. The molecule has 4 unspecified atom stereocenters. The number of nitrogens with two attached hydrogens (primary N) is 4. The van der Waals surface area contributed by atoms with Gasteiger partial charge in [0, 0.05) is 56.0 Å². The van der Waals surface area contributed by atoms with Gasteiger partial charge < -0.3 is 70.2 Å². The van der Waals surface area contributed by atoms with Crippen LogP contribution in [0.4, 0.5) is 0 Å². The Kier molecular flexibility index (Phi) is 27.3. The Bertz CT molecular complexity index is 2090. The Balaban J connectivity index is 2.09. The molecule has 1 aliphatic carbocycles. The summed E-state index contributed by atoms with van der Waals surface area (Å²) in [5.74, 6) is -13.4. The number of hydrogen-bond acceptors (Lipinski definition) is 17. The van der Waals surface area contributed by atoms with Crippen LogP contribution in [0.25, 0.3) is 0 Å². The minimum Gasteiger partial charge on any atom is -0.396 e. The molecule has 23 nitrogen and oxygen atoms in total. The Morgan fingerprint density at radius 2 is 1.23 bits per heavy atom. The molecule has 0 spiro atoms. The van der Waals surface area contributed by atoms with Crippen LogP contribution in [0.3, 0.4) is 0 Å². The van der Waals surface area contributed by atoms with Crippen molar-refractivity contribution >= 4 is 58.6 Å². The summed E-state index contributed by atoms with van der Waals surface area (Å²) in [6.07, 6.45) is -3.82. The summed E-state index contributed by atoms with van der Waals surface area (Å²) in [7, 11) is 0. The standard InChI is InChI=1S/C52H84N10O13/c1-28(2)21-41-52(75)60-40(15-19-55)51(74)59-39(14-18-54)44(68)26-36(29(3)64)49(72)57-20-16-32(23-42(66)34(27-63)25-45(69)46(30(4)65)62-50(73)35-11-8-12-37(35)56)47(70)58-38(13-17-53)43(67)24-33(48(71)61-41)22-31-9-6-5-7-10-31/h5-7,9-10,28-30,32-41,46,63-65H,8,11-27,53-56H2,1-4H3,(H,57,72)(H,58,70)(H,59,74)(H,60,75)(H,61,71)(H,62,73)/t29?,30?,32-,33+,34+,35?,36+,37?,38+,39+,40+,41+,46+/m1/s1. The van der Waals surface area contributed by atoms with E-state index in [1.54, 1.807) is 30.3 Å². The van der Waals surface area contributed by atoms with Gasteiger partial charge in [-0.15, -0.1) is 0 Å². The van der Waals surface area contributed by atoms with E-state index in [1.165, 1.54) is 13.8 Å². The number of Topliss-reactive ketones (excluding diaryl/α,β-unsaturated/α-hetero) is 4. The number of hydrogen-bond donors (Lipinski definition) is 13. The third-order valence-electron chi connectivity index (χ3n) is 14.0. The summed E-state index contributed by atoms with van der Waals surface area (Å²) >= 11 is 0. The van der Waals surface area contributed by atoms with Crippen molar-refractivity contribution in [2.45, 2.75) is 160 Å². The van der Waals surface area contributed by atoms with Crippen LogP contribution < -0.4 is 54.8 Å². The normalized spacial score (nSPS) is 26.9. The molecule has 0 aromatic heterocycles. The molecule has 2 fully saturated rings. The molecule has 0 radical (unpaired) electrons. The number of ketones is 4. The first-order valence-corrected chi connectivity index (χ1v) is 26.3. The maximum atomic E-state index is 14.4. The number of amides is 6. The molecule has 1 saturated heterocycles. The van der Waals surface area contributed by atoms with Gasteiger partial charge in [-0.05, 0) is 96.3 Å². The lowest BCUT2D eigenvalue weighted by Crippen LogP contribution is -2.57. The Labute approximate surface area is 439 Å². The van der Waals surface area contributed by atoms with Gasteiger partial charge in [-0.3, -0.25) is 47.9 Å². The molecule has 1 heterocycles. The predicted octanol–water partition coefficient (Wildman–Crippen LogP) is -2.55. The Morgan fingerprint density at radius 1 is 0.680 bits per heavy atom. The zero-order valence-corrected chi connectivity index (χ0v) is 43.9. The van der Waals surface area contributed by atoms with E-state index in [0.29, 0.717) is 24.8 Å². The molecule has 6 amide bonds. The second-order valence-corrected chi connectivity index (χ2v) is 20.6. The topological polar surface area (TPSA) is 408 Å². The Hall–Kier alpha value is -5.56.